The number of rotatable bonds is 4. The number of sulfonamides is 1. The molecule has 26 heavy (non-hydrogen) atoms. The van der Waals surface area contributed by atoms with E-state index in [2.05, 4.69) is 20.4 Å². The lowest BCUT2D eigenvalue weighted by Crippen LogP contribution is -2.44. The van der Waals surface area contributed by atoms with Crippen molar-refractivity contribution >= 4 is 33.8 Å². The zero-order valence-electron chi connectivity index (χ0n) is 14.4. The van der Waals surface area contributed by atoms with E-state index in [0.29, 0.717) is 28.9 Å². The fourth-order valence-electron chi connectivity index (χ4n) is 3.41. The standard InChI is InChI=1S/C15H21N5O3S2.ClH/c1-19-8-6-16-10-12(19)14-17-15(23-18-14)11-4-2-7-20(11)25(21,22)13-5-3-9-24-13;/h3,5,9,11-12,16H,2,4,6-8,10H2,1H3;1H. The molecule has 0 saturated carbocycles. The van der Waals surface area contributed by atoms with Gasteiger partial charge in [0.15, 0.2) is 5.82 Å². The predicted octanol–water partition coefficient (Wildman–Crippen LogP) is 1.65. The summed E-state index contributed by atoms with van der Waals surface area (Å²) in [4.78, 5) is 6.73. The van der Waals surface area contributed by atoms with Crippen LogP contribution in [0.5, 0.6) is 0 Å². The van der Waals surface area contributed by atoms with E-state index in [0.717, 1.165) is 26.1 Å². The quantitative estimate of drug-likeness (QED) is 0.805. The van der Waals surface area contributed by atoms with Crippen LogP contribution in [0.3, 0.4) is 0 Å². The molecule has 0 bridgehead atoms. The van der Waals surface area contributed by atoms with Crippen molar-refractivity contribution in [2.45, 2.75) is 29.1 Å². The van der Waals surface area contributed by atoms with Gasteiger partial charge in [0.2, 0.25) is 5.89 Å². The molecule has 4 heterocycles. The molecule has 144 valence electrons. The molecule has 2 aromatic heterocycles. The van der Waals surface area contributed by atoms with E-state index < -0.39 is 10.0 Å². The first-order valence-electron chi connectivity index (χ1n) is 8.37. The van der Waals surface area contributed by atoms with Gasteiger partial charge in [-0.1, -0.05) is 11.2 Å². The van der Waals surface area contributed by atoms with E-state index in [4.69, 9.17) is 4.52 Å². The lowest BCUT2D eigenvalue weighted by molar-refractivity contribution is 0.190. The number of piperazine rings is 1. The summed E-state index contributed by atoms with van der Waals surface area (Å²) in [6.45, 7) is 3.09. The summed E-state index contributed by atoms with van der Waals surface area (Å²) in [6.07, 6.45) is 1.49. The van der Waals surface area contributed by atoms with Gasteiger partial charge >= 0.3 is 0 Å². The molecule has 0 spiro atoms. The van der Waals surface area contributed by atoms with E-state index in [1.165, 1.54) is 15.6 Å². The first-order valence-corrected chi connectivity index (χ1v) is 10.7. The molecule has 2 saturated heterocycles. The fourth-order valence-corrected chi connectivity index (χ4v) is 6.18. The van der Waals surface area contributed by atoms with Gasteiger partial charge in [0, 0.05) is 26.2 Å². The molecule has 2 atom stereocenters. The summed E-state index contributed by atoms with van der Waals surface area (Å²) < 4.78 is 33.1. The first kappa shape index (κ1) is 19.7. The second-order valence-electron chi connectivity index (χ2n) is 6.40. The minimum absolute atomic E-state index is 0. The zero-order valence-corrected chi connectivity index (χ0v) is 16.8. The van der Waals surface area contributed by atoms with Crippen LogP contribution in [0.1, 0.15) is 36.6 Å². The lowest BCUT2D eigenvalue weighted by atomic mass is 10.2. The van der Waals surface area contributed by atoms with Gasteiger partial charge < -0.3 is 9.84 Å². The van der Waals surface area contributed by atoms with E-state index in [1.54, 1.807) is 17.5 Å². The minimum Gasteiger partial charge on any atom is -0.337 e. The average Bonchev–Trinajstić information content (AvgIpc) is 3.34. The van der Waals surface area contributed by atoms with Crippen molar-refractivity contribution in [2.75, 3.05) is 33.2 Å². The van der Waals surface area contributed by atoms with Crippen LogP contribution in [0.25, 0.3) is 0 Å². The first-order chi connectivity index (χ1) is 12.1. The third-order valence-corrected chi connectivity index (χ3v) is 8.09. The minimum atomic E-state index is -3.52. The van der Waals surface area contributed by atoms with Gasteiger partial charge in [-0.15, -0.1) is 23.7 Å². The Hall–Kier alpha value is -1.04. The van der Waals surface area contributed by atoms with Gasteiger partial charge in [0.25, 0.3) is 10.0 Å². The molecule has 0 aromatic carbocycles. The van der Waals surface area contributed by atoms with Crippen LogP contribution >= 0.6 is 23.7 Å². The van der Waals surface area contributed by atoms with Crippen LogP contribution < -0.4 is 5.32 Å². The molecule has 0 aliphatic carbocycles. The number of hydrogen-bond donors (Lipinski definition) is 1. The Kier molecular flexibility index (Phi) is 6.00. The van der Waals surface area contributed by atoms with Crippen molar-refractivity contribution in [1.29, 1.82) is 0 Å². The van der Waals surface area contributed by atoms with Gasteiger partial charge in [0.1, 0.15) is 10.3 Å². The van der Waals surface area contributed by atoms with Crippen LogP contribution in [0.15, 0.2) is 26.2 Å². The highest BCUT2D eigenvalue weighted by atomic mass is 35.5. The third kappa shape index (κ3) is 3.54. The molecule has 0 amide bonds. The fraction of sp³-hybridized carbons (Fsp3) is 0.600. The molecule has 11 heteroatoms. The van der Waals surface area contributed by atoms with E-state index in [1.807, 2.05) is 7.05 Å². The Bertz CT molecular complexity index is 826. The van der Waals surface area contributed by atoms with Gasteiger partial charge in [0.05, 0.1) is 6.04 Å². The third-order valence-electron chi connectivity index (χ3n) is 4.81. The molecule has 2 aliphatic rings. The molecule has 1 N–H and O–H groups in total. The molecular formula is C15H22ClN5O3S2. The van der Waals surface area contributed by atoms with Crippen LogP contribution in [0.4, 0.5) is 0 Å². The smallest absolute Gasteiger partial charge is 0.253 e. The maximum Gasteiger partial charge on any atom is 0.253 e. The number of nitrogens with zero attached hydrogens (tertiary/aromatic N) is 4. The monoisotopic (exact) mass is 419 g/mol. The van der Waals surface area contributed by atoms with E-state index in [9.17, 15) is 8.42 Å². The Morgan fingerprint density at radius 2 is 2.19 bits per heavy atom. The maximum absolute atomic E-state index is 12.9. The molecule has 2 aromatic rings. The van der Waals surface area contributed by atoms with Crippen molar-refractivity contribution in [3.05, 3.63) is 29.2 Å². The highest BCUT2D eigenvalue weighted by Crippen LogP contribution is 2.37. The van der Waals surface area contributed by atoms with Gasteiger partial charge in [-0.2, -0.15) is 9.29 Å². The largest absolute Gasteiger partial charge is 0.337 e. The Balaban J connectivity index is 0.00000196. The van der Waals surface area contributed by atoms with Crippen LogP contribution in [-0.2, 0) is 10.0 Å². The summed E-state index contributed by atoms with van der Waals surface area (Å²) in [7, 11) is -1.49. The van der Waals surface area contributed by atoms with Crippen molar-refractivity contribution in [2.24, 2.45) is 0 Å². The molecule has 2 unspecified atom stereocenters. The van der Waals surface area contributed by atoms with Crippen molar-refractivity contribution in [3.8, 4) is 0 Å². The Labute approximate surface area is 163 Å². The normalized spacial score (nSPS) is 25.3. The molecule has 8 nitrogen and oxygen atoms in total. The average molecular weight is 420 g/mol. The van der Waals surface area contributed by atoms with Crippen molar-refractivity contribution in [1.82, 2.24) is 24.7 Å². The van der Waals surface area contributed by atoms with E-state index in [-0.39, 0.29) is 24.5 Å². The van der Waals surface area contributed by atoms with E-state index >= 15 is 0 Å². The molecule has 4 rings (SSSR count). The van der Waals surface area contributed by atoms with Gasteiger partial charge in [-0.25, -0.2) is 8.42 Å². The SMILES string of the molecule is CN1CCNCC1c1noc(C2CCCN2S(=O)(=O)c2cccs2)n1.Cl. The lowest BCUT2D eigenvalue weighted by Gasteiger charge is -2.30. The van der Waals surface area contributed by atoms with Crippen LogP contribution in [-0.4, -0.2) is 61.0 Å². The second kappa shape index (κ2) is 7.91. The highest BCUT2D eigenvalue weighted by molar-refractivity contribution is 7.91. The number of hydrogen-bond acceptors (Lipinski definition) is 8. The van der Waals surface area contributed by atoms with Gasteiger partial charge in [-0.3, -0.25) is 4.90 Å². The van der Waals surface area contributed by atoms with Crippen molar-refractivity contribution < 1.29 is 12.9 Å². The summed E-state index contributed by atoms with van der Waals surface area (Å²) in [6, 6.07) is 3.06. The summed E-state index contributed by atoms with van der Waals surface area (Å²) in [5, 5.41) is 9.23. The number of nitrogens with one attached hydrogen (secondary N) is 1. The van der Waals surface area contributed by atoms with Gasteiger partial charge in [-0.05, 0) is 31.3 Å². The maximum atomic E-state index is 12.9. The number of aromatic nitrogens is 2. The molecule has 2 aliphatic heterocycles. The molecule has 0 radical (unpaired) electrons. The topological polar surface area (TPSA) is 91.6 Å². The number of likely N-dealkylation sites (N-methyl/N-ethyl adjacent to an activating group) is 1. The predicted molar refractivity (Wildman–Crippen MR) is 100.0 cm³/mol. The van der Waals surface area contributed by atoms with Crippen LogP contribution in [0, 0.1) is 0 Å². The van der Waals surface area contributed by atoms with Crippen molar-refractivity contribution in [3.63, 3.8) is 0 Å². The molecule has 2 fully saturated rings. The highest BCUT2D eigenvalue weighted by Gasteiger charge is 2.40. The summed E-state index contributed by atoms with van der Waals surface area (Å²) in [5.74, 6) is 1.01. The Morgan fingerprint density at radius 3 is 2.92 bits per heavy atom. The summed E-state index contributed by atoms with van der Waals surface area (Å²) in [5.41, 5.74) is 0. The summed E-state index contributed by atoms with van der Waals surface area (Å²) >= 11 is 1.23. The molecular weight excluding hydrogens is 398 g/mol. The zero-order chi connectivity index (χ0) is 17.4. The Morgan fingerprint density at radius 1 is 1.35 bits per heavy atom. The number of thiophene rings is 1. The van der Waals surface area contributed by atoms with Crippen LogP contribution in [0.2, 0.25) is 0 Å². The second-order valence-corrected chi connectivity index (χ2v) is 9.46. The number of halogens is 1.